The minimum atomic E-state index is -1.01. The molecule has 4 unspecified atom stereocenters. The molecule has 0 spiro atoms. The lowest BCUT2D eigenvalue weighted by Gasteiger charge is -2.41. The van der Waals surface area contributed by atoms with Crippen LogP contribution in [0.3, 0.4) is 0 Å². The highest BCUT2D eigenvalue weighted by molar-refractivity contribution is 5.72. The highest BCUT2D eigenvalue weighted by Crippen LogP contribution is 2.40. The van der Waals surface area contributed by atoms with E-state index in [1.807, 2.05) is 115 Å². The van der Waals surface area contributed by atoms with Gasteiger partial charge in [0, 0.05) is 61.0 Å². The molecule has 2 N–H and O–H groups in total. The van der Waals surface area contributed by atoms with Crippen molar-refractivity contribution < 1.29 is 19.0 Å². The van der Waals surface area contributed by atoms with Crippen molar-refractivity contribution in [2.75, 3.05) is 26.2 Å². The standard InChI is InChI=1S/C23H27FN2O.C22H25FN2O.2C2H6/c1-3-17-4-7-19(8-5-17)20-9-6-18(14-21(20)27)15-26-13-11-23(2,10-12-25)22(24)16-26;1-16-18(8-9-19(21(16)26)17-6-4-3-5-7-17)14-25-13-11-22(2,10-12-24)20(23)15-25;2*1-2/h4-9,14,22,27H,3,10-11,13,15-16H2,1-2H3;3-9,20,26H,10-11,13-15H2,1-2H3;2*1-2H3. The van der Waals surface area contributed by atoms with Crippen LogP contribution in [0.4, 0.5) is 8.78 Å². The average Bonchev–Trinajstić information content (AvgIpc) is 3.22. The van der Waals surface area contributed by atoms with Gasteiger partial charge in [-0.25, -0.2) is 8.78 Å². The molecule has 0 amide bonds. The molecule has 0 radical (unpaired) electrons. The highest BCUT2D eigenvalue weighted by Gasteiger charge is 2.40. The Morgan fingerprint density at radius 3 is 1.67 bits per heavy atom. The quantitative estimate of drug-likeness (QED) is 0.176. The summed E-state index contributed by atoms with van der Waals surface area (Å²) in [4.78, 5) is 4.14. The van der Waals surface area contributed by atoms with Gasteiger partial charge in [-0.15, -0.1) is 0 Å². The Balaban J connectivity index is 0.000000281. The fraction of sp³-hybridized carbons (Fsp3) is 0.469. The third kappa shape index (κ3) is 12.1. The van der Waals surface area contributed by atoms with Crippen LogP contribution in [0.1, 0.15) is 96.4 Å². The first kappa shape index (κ1) is 46.6. The zero-order valence-corrected chi connectivity index (χ0v) is 35.5. The van der Waals surface area contributed by atoms with Crippen LogP contribution in [0.15, 0.2) is 84.9 Å². The Kier molecular flexibility index (Phi) is 18.2. The van der Waals surface area contributed by atoms with E-state index in [1.54, 1.807) is 6.07 Å². The Morgan fingerprint density at radius 2 is 1.18 bits per heavy atom. The lowest BCUT2D eigenvalue weighted by molar-refractivity contribution is 0.0185. The normalized spacial score (nSPS) is 21.9. The number of aromatic hydroxyl groups is 2. The van der Waals surface area contributed by atoms with Crippen molar-refractivity contribution in [1.29, 1.82) is 10.5 Å². The van der Waals surface area contributed by atoms with Crippen molar-refractivity contribution >= 4 is 0 Å². The summed E-state index contributed by atoms with van der Waals surface area (Å²) in [7, 11) is 0. The summed E-state index contributed by atoms with van der Waals surface area (Å²) >= 11 is 0. The second kappa shape index (κ2) is 22.3. The predicted octanol–water partition coefficient (Wildman–Crippen LogP) is 12.0. The van der Waals surface area contributed by atoms with E-state index in [2.05, 4.69) is 41.0 Å². The predicted molar refractivity (Wildman–Crippen MR) is 230 cm³/mol. The van der Waals surface area contributed by atoms with Crippen molar-refractivity contribution in [1.82, 2.24) is 9.80 Å². The monoisotopic (exact) mass is 778 g/mol. The lowest BCUT2D eigenvalue weighted by Crippen LogP contribution is -2.47. The number of benzene rings is 4. The molecule has 2 aliphatic heterocycles. The Bertz CT molecular complexity index is 1920. The van der Waals surface area contributed by atoms with E-state index in [9.17, 15) is 19.0 Å². The van der Waals surface area contributed by atoms with Crippen LogP contribution in [0, 0.1) is 40.4 Å². The lowest BCUT2D eigenvalue weighted by atomic mass is 9.76. The van der Waals surface area contributed by atoms with Gasteiger partial charge in [0.1, 0.15) is 23.8 Å². The van der Waals surface area contributed by atoms with Gasteiger partial charge in [-0.05, 0) is 78.7 Å². The number of phenolic OH excluding ortho intramolecular Hbond substituents is 2. The summed E-state index contributed by atoms with van der Waals surface area (Å²) in [6, 6.07) is 31.9. The van der Waals surface area contributed by atoms with Crippen LogP contribution in [0.5, 0.6) is 11.5 Å². The van der Waals surface area contributed by atoms with E-state index >= 15 is 0 Å². The summed E-state index contributed by atoms with van der Waals surface area (Å²) in [6.07, 6.45) is 0.848. The van der Waals surface area contributed by atoms with Gasteiger partial charge in [-0.3, -0.25) is 9.80 Å². The number of halogens is 2. The van der Waals surface area contributed by atoms with Crippen LogP contribution in [0.25, 0.3) is 22.3 Å². The molecule has 6 nitrogen and oxygen atoms in total. The zero-order valence-electron chi connectivity index (χ0n) is 35.5. The second-order valence-electron chi connectivity index (χ2n) is 15.4. The average molecular weight is 779 g/mol. The smallest absolute Gasteiger partial charge is 0.126 e. The topological polar surface area (TPSA) is 94.5 Å². The first-order valence-corrected chi connectivity index (χ1v) is 20.6. The number of phenols is 2. The van der Waals surface area contributed by atoms with Crippen molar-refractivity contribution in [3.63, 3.8) is 0 Å². The number of hydrogen-bond acceptors (Lipinski definition) is 6. The van der Waals surface area contributed by atoms with E-state index < -0.39 is 23.2 Å². The molecule has 0 aliphatic carbocycles. The van der Waals surface area contributed by atoms with Gasteiger partial charge in [-0.1, -0.05) is 127 Å². The third-order valence-electron chi connectivity index (χ3n) is 11.5. The molecule has 306 valence electrons. The molecule has 2 aliphatic rings. The first-order valence-electron chi connectivity index (χ1n) is 20.6. The number of rotatable bonds is 9. The minimum absolute atomic E-state index is 0.250. The van der Waals surface area contributed by atoms with Gasteiger partial charge in [0.05, 0.1) is 12.1 Å². The summed E-state index contributed by atoms with van der Waals surface area (Å²) in [5.41, 5.74) is 6.60. The van der Waals surface area contributed by atoms with Crippen LogP contribution in [0.2, 0.25) is 0 Å². The van der Waals surface area contributed by atoms with Crippen molar-refractivity contribution in [3.05, 3.63) is 107 Å². The SMILES string of the molecule is CC.CC.CCc1ccc(-c2ccc(CN3CCC(C)(CC#N)C(F)C3)cc2O)cc1.Cc1c(CN2CCC(C)(CC#N)C(F)C2)ccc(-c2ccccc2)c1O. The molecule has 4 aromatic carbocycles. The Hall–Kier alpha value is -4.76. The molecule has 6 rings (SSSR count). The molecule has 57 heavy (non-hydrogen) atoms. The van der Waals surface area contributed by atoms with Gasteiger partial charge in [0.25, 0.3) is 0 Å². The molecule has 2 heterocycles. The fourth-order valence-electron chi connectivity index (χ4n) is 7.37. The summed E-state index contributed by atoms with van der Waals surface area (Å²) < 4.78 is 29.2. The van der Waals surface area contributed by atoms with Crippen LogP contribution in [-0.2, 0) is 19.5 Å². The van der Waals surface area contributed by atoms with Crippen molar-refractivity contribution in [3.8, 4) is 45.9 Å². The molecule has 4 aromatic rings. The number of alkyl halides is 2. The molecular weight excluding hydrogens is 715 g/mol. The summed E-state index contributed by atoms with van der Waals surface area (Å²) in [5.74, 6) is 0.539. The summed E-state index contributed by atoms with van der Waals surface area (Å²) in [5, 5.41) is 39.0. The first-order chi connectivity index (χ1) is 27.4. The van der Waals surface area contributed by atoms with E-state index in [1.165, 1.54) is 5.56 Å². The number of likely N-dealkylation sites (tertiary alicyclic amines) is 2. The van der Waals surface area contributed by atoms with Gasteiger partial charge >= 0.3 is 0 Å². The van der Waals surface area contributed by atoms with Crippen LogP contribution in [-0.4, -0.2) is 58.5 Å². The minimum Gasteiger partial charge on any atom is -0.507 e. The largest absolute Gasteiger partial charge is 0.507 e. The van der Waals surface area contributed by atoms with Crippen molar-refractivity contribution in [2.45, 2.75) is 113 Å². The van der Waals surface area contributed by atoms with Gasteiger partial charge in [0.15, 0.2) is 0 Å². The number of nitriles is 2. The number of nitrogens with zero attached hydrogens (tertiary/aromatic N) is 4. The molecule has 2 saturated heterocycles. The van der Waals surface area contributed by atoms with Crippen LogP contribution >= 0.6 is 0 Å². The molecule has 2 fully saturated rings. The van der Waals surface area contributed by atoms with Gasteiger partial charge < -0.3 is 10.2 Å². The molecule has 0 bridgehead atoms. The third-order valence-corrected chi connectivity index (χ3v) is 11.5. The Labute approximate surface area is 341 Å². The number of hydrogen-bond donors (Lipinski definition) is 2. The van der Waals surface area contributed by atoms with E-state index in [0.29, 0.717) is 39.0 Å². The number of piperidine rings is 2. The molecule has 0 aromatic heterocycles. The van der Waals surface area contributed by atoms with Gasteiger partial charge in [0.2, 0.25) is 0 Å². The maximum absolute atomic E-state index is 14.6. The van der Waals surface area contributed by atoms with Crippen molar-refractivity contribution in [2.24, 2.45) is 10.8 Å². The van der Waals surface area contributed by atoms with E-state index in [4.69, 9.17) is 10.5 Å². The highest BCUT2D eigenvalue weighted by atomic mass is 19.1. The summed E-state index contributed by atoms with van der Waals surface area (Å²) in [6.45, 7) is 19.2. The van der Waals surface area contributed by atoms with E-state index in [0.717, 1.165) is 58.5 Å². The fourth-order valence-corrected chi connectivity index (χ4v) is 7.37. The maximum atomic E-state index is 14.6. The molecule has 4 atom stereocenters. The Morgan fingerprint density at radius 1 is 0.684 bits per heavy atom. The zero-order chi connectivity index (χ0) is 42.2. The molecule has 8 heteroatoms. The molecular formula is C49H64F2N4O2. The second-order valence-corrected chi connectivity index (χ2v) is 15.4. The maximum Gasteiger partial charge on any atom is 0.126 e. The van der Waals surface area contributed by atoms with E-state index in [-0.39, 0.29) is 24.3 Å². The van der Waals surface area contributed by atoms with Gasteiger partial charge in [-0.2, -0.15) is 10.5 Å². The molecule has 0 saturated carbocycles. The van der Waals surface area contributed by atoms with Crippen LogP contribution < -0.4 is 0 Å². The number of aryl methyl sites for hydroxylation is 1.